The summed E-state index contributed by atoms with van der Waals surface area (Å²) in [6.45, 7) is 2.21. The Morgan fingerprint density at radius 1 is 1.17 bits per heavy atom. The van der Waals surface area contributed by atoms with E-state index in [0.717, 1.165) is 17.7 Å². The molecule has 2 atom stereocenters. The van der Waals surface area contributed by atoms with Crippen molar-refractivity contribution in [3.05, 3.63) is 70.7 Å². The number of hydrogen-bond donors (Lipinski definition) is 2. The fourth-order valence-electron chi connectivity index (χ4n) is 2.84. The number of nitrogens with one attached hydrogen (secondary N) is 2. The number of amides is 1. The fraction of sp³-hybridized carbons (Fsp3) is 0.316. The van der Waals surface area contributed by atoms with Crippen LogP contribution in [-0.4, -0.2) is 31.7 Å². The van der Waals surface area contributed by atoms with Crippen LogP contribution >= 0.6 is 11.6 Å². The first-order valence-electron chi connectivity index (χ1n) is 8.14. The van der Waals surface area contributed by atoms with Gasteiger partial charge in [0, 0.05) is 18.1 Å². The summed E-state index contributed by atoms with van der Waals surface area (Å²) in [5.74, 6) is -0.0208. The van der Waals surface area contributed by atoms with Crippen molar-refractivity contribution in [1.29, 1.82) is 0 Å². The van der Waals surface area contributed by atoms with Crippen molar-refractivity contribution >= 4 is 17.5 Å². The van der Waals surface area contributed by atoms with Gasteiger partial charge in [-0.05, 0) is 23.3 Å². The molecule has 0 aliphatic carbocycles. The minimum atomic E-state index is -0.201. The van der Waals surface area contributed by atoms with Crippen molar-refractivity contribution < 1.29 is 9.53 Å². The van der Waals surface area contributed by atoms with Crippen molar-refractivity contribution in [2.75, 3.05) is 19.7 Å². The van der Waals surface area contributed by atoms with E-state index in [9.17, 15) is 4.79 Å². The molecule has 24 heavy (non-hydrogen) atoms. The summed E-state index contributed by atoms with van der Waals surface area (Å²) in [4.78, 5) is 12.5. The third-order valence-electron chi connectivity index (χ3n) is 4.06. The van der Waals surface area contributed by atoms with Crippen LogP contribution in [0.5, 0.6) is 0 Å². The summed E-state index contributed by atoms with van der Waals surface area (Å²) >= 11 is 5.99. The summed E-state index contributed by atoms with van der Waals surface area (Å²) in [6.07, 6.45) is 0.282. The first kappa shape index (κ1) is 17.0. The van der Waals surface area contributed by atoms with Gasteiger partial charge in [0.15, 0.2) is 0 Å². The van der Waals surface area contributed by atoms with Gasteiger partial charge in [0.1, 0.15) is 0 Å². The number of morpholine rings is 1. The van der Waals surface area contributed by atoms with Crippen LogP contribution in [0.4, 0.5) is 0 Å². The van der Waals surface area contributed by atoms with Crippen molar-refractivity contribution in [1.82, 2.24) is 10.6 Å². The van der Waals surface area contributed by atoms with Crippen molar-refractivity contribution in [3.8, 4) is 0 Å². The van der Waals surface area contributed by atoms with Gasteiger partial charge in [-0.3, -0.25) is 4.79 Å². The molecule has 1 fully saturated rings. The molecule has 1 heterocycles. The molecule has 1 aliphatic heterocycles. The summed E-state index contributed by atoms with van der Waals surface area (Å²) in [5, 5.41) is 7.05. The molecule has 0 saturated carbocycles. The van der Waals surface area contributed by atoms with E-state index in [1.807, 2.05) is 54.6 Å². The maximum Gasteiger partial charge on any atom is 0.223 e. The standard InChI is InChI=1S/C19H21ClN2O2/c20-16-8-6-15(7-9-16)19(14-4-2-1-3-5-14)22-18(23)12-17-13-21-10-11-24-17/h1-9,17,19,21H,10-13H2,(H,22,23). The van der Waals surface area contributed by atoms with Crippen LogP contribution in [0.2, 0.25) is 5.02 Å². The van der Waals surface area contributed by atoms with Crippen LogP contribution in [0.15, 0.2) is 54.6 Å². The first-order chi connectivity index (χ1) is 11.7. The van der Waals surface area contributed by atoms with E-state index in [1.54, 1.807) is 0 Å². The van der Waals surface area contributed by atoms with Crippen LogP contribution in [0, 0.1) is 0 Å². The Balaban J connectivity index is 1.74. The van der Waals surface area contributed by atoms with Gasteiger partial charge in [0.2, 0.25) is 5.91 Å². The number of rotatable bonds is 5. The summed E-state index contributed by atoms with van der Waals surface area (Å²) < 4.78 is 5.62. The van der Waals surface area contributed by atoms with Gasteiger partial charge < -0.3 is 15.4 Å². The average Bonchev–Trinajstić information content (AvgIpc) is 2.62. The number of carbonyl (C=O) groups is 1. The Bertz CT molecular complexity index is 655. The topological polar surface area (TPSA) is 50.4 Å². The highest BCUT2D eigenvalue weighted by atomic mass is 35.5. The molecule has 0 aromatic heterocycles. The quantitative estimate of drug-likeness (QED) is 0.876. The Morgan fingerprint density at radius 3 is 2.54 bits per heavy atom. The molecule has 1 amide bonds. The molecule has 3 rings (SSSR count). The lowest BCUT2D eigenvalue weighted by molar-refractivity contribution is -0.125. The number of carbonyl (C=O) groups excluding carboxylic acids is 1. The summed E-state index contributed by atoms with van der Waals surface area (Å²) in [6, 6.07) is 17.3. The second-order valence-electron chi connectivity index (χ2n) is 5.86. The molecular formula is C19H21ClN2O2. The van der Waals surface area contributed by atoms with E-state index >= 15 is 0 Å². The van der Waals surface area contributed by atoms with Crippen molar-refractivity contribution in [2.24, 2.45) is 0 Å². The van der Waals surface area contributed by atoms with Crippen molar-refractivity contribution in [3.63, 3.8) is 0 Å². The molecule has 1 saturated heterocycles. The van der Waals surface area contributed by atoms with E-state index in [4.69, 9.17) is 16.3 Å². The molecule has 5 heteroatoms. The van der Waals surface area contributed by atoms with Crippen LogP contribution in [0.1, 0.15) is 23.6 Å². The molecule has 4 nitrogen and oxygen atoms in total. The molecule has 0 radical (unpaired) electrons. The number of hydrogen-bond acceptors (Lipinski definition) is 3. The van der Waals surface area contributed by atoms with Gasteiger partial charge in [-0.2, -0.15) is 0 Å². The molecule has 0 spiro atoms. The van der Waals surface area contributed by atoms with Crippen LogP contribution in [0.3, 0.4) is 0 Å². The third kappa shape index (κ3) is 4.57. The number of ether oxygens (including phenoxy) is 1. The van der Waals surface area contributed by atoms with E-state index in [-0.39, 0.29) is 18.1 Å². The number of benzene rings is 2. The molecule has 2 aromatic carbocycles. The SMILES string of the molecule is O=C(CC1CNCCO1)NC(c1ccccc1)c1ccc(Cl)cc1. The normalized spacial score (nSPS) is 18.8. The summed E-state index contributed by atoms with van der Waals surface area (Å²) in [7, 11) is 0. The van der Waals surface area contributed by atoms with E-state index in [2.05, 4.69) is 10.6 Å². The Kier molecular flexibility index (Phi) is 5.86. The van der Waals surface area contributed by atoms with Gasteiger partial charge in [-0.15, -0.1) is 0 Å². The zero-order chi connectivity index (χ0) is 16.8. The minimum Gasteiger partial charge on any atom is -0.375 e. The summed E-state index contributed by atoms with van der Waals surface area (Å²) in [5.41, 5.74) is 2.04. The predicted octanol–water partition coefficient (Wildman–Crippen LogP) is 2.92. The highest BCUT2D eigenvalue weighted by molar-refractivity contribution is 6.30. The molecule has 2 N–H and O–H groups in total. The maximum absolute atomic E-state index is 12.5. The number of halogens is 1. The monoisotopic (exact) mass is 344 g/mol. The molecule has 126 valence electrons. The van der Waals surface area contributed by atoms with E-state index in [0.29, 0.717) is 24.6 Å². The van der Waals surface area contributed by atoms with Gasteiger partial charge >= 0.3 is 0 Å². The van der Waals surface area contributed by atoms with E-state index in [1.165, 1.54) is 0 Å². The van der Waals surface area contributed by atoms with Crippen LogP contribution < -0.4 is 10.6 Å². The van der Waals surface area contributed by atoms with Gasteiger partial charge in [-0.25, -0.2) is 0 Å². The maximum atomic E-state index is 12.5. The molecule has 2 unspecified atom stereocenters. The Hall–Kier alpha value is -1.88. The Labute approximate surface area is 147 Å². The highest BCUT2D eigenvalue weighted by Gasteiger charge is 2.21. The highest BCUT2D eigenvalue weighted by Crippen LogP contribution is 2.23. The lowest BCUT2D eigenvalue weighted by Crippen LogP contribution is -2.42. The van der Waals surface area contributed by atoms with Gasteiger partial charge in [0.05, 0.1) is 25.2 Å². The largest absolute Gasteiger partial charge is 0.375 e. The second kappa shape index (κ2) is 8.29. The van der Waals surface area contributed by atoms with Crippen molar-refractivity contribution in [2.45, 2.75) is 18.6 Å². The molecule has 2 aromatic rings. The Morgan fingerprint density at radius 2 is 1.88 bits per heavy atom. The predicted molar refractivity (Wildman–Crippen MR) is 95.1 cm³/mol. The average molecular weight is 345 g/mol. The fourth-order valence-corrected chi connectivity index (χ4v) is 2.96. The smallest absolute Gasteiger partial charge is 0.223 e. The lowest BCUT2D eigenvalue weighted by Gasteiger charge is -2.25. The molecule has 1 aliphatic rings. The van der Waals surface area contributed by atoms with Gasteiger partial charge in [0.25, 0.3) is 0 Å². The van der Waals surface area contributed by atoms with Crippen LogP contribution in [0.25, 0.3) is 0 Å². The zero-order valence-corrected chi connectivity index (χ0v) is 14.1. The first-order valence-corrected chi connectivity index (χ1v) is 8.52. The lowest BCUT2D eigenvalue weighted by atomic mass is 9.98. The van der Waals surface area contributed by atoms with Crippen LogP contribution in [-0.2, 0) is 9.53 Å². The minimum absolute atomic E-state index is 0.0208. The van der Waals surface area contributed by atoms with Gasteiger partial charge in [-0.1, -0.05) is 54.1 Å². The molecule has 0 bridgehead atoms. The second-order valence-corrected chi connectivity index (χ2v) is 6.30. The zero-order valence-electron chi connectivity index (χ0n) is 13.4. The van der Waals surface area contributed by atoms with E-state index < -0.39 is 0 Å². The molecular weight excluding hydrogens is 324 g/mol. The third-order valence-corrected chi connectivity index (χ3v) is 4.31.